The van der Waals surface area contributed by atoms with Gasteiger partial charge in [0.2, 0.25) is 23.4 Å². The molecule has 1 aliphatic carbocycles. The molecule has 1 N–H and O–H groups in total. The van der Waals surface area contributed by atoms with Crippen molar-refractivity contribution in [2.45, 2.75) is 70.8 Å². The first kappa shape index (κ1) is 26.9. The van der Waals surface area contributed by atoms with Crippen LogP contribution in [0.5, 0.6) is 0 Å². The molecule has 218 valence electrons. The van der Waals surface area contributed by atoms with E-state index in [-0.39, 0.29) is 17.5 Å². The van der Waals surface area contributed by atoms with Crippen LogP contribution in [-0.2, 0) is 12.8 Å². The van der Waals surface area contributed by atoms with Crippen molar-refractivity contribution in [3.63, 3.8) is 0 Å². The van der Waals surface area contributed by atoms with Gasteiger partial charge in [0, 0.05) is 36.4 Å². The number of hydrogen-bond donors (Lipinski definition) is 1. The van der Waals surface area contributed by atoms with Crippen molar-refractivity contribution in [3.05, 3.63) is 93.8 Å². The standard InChI is InChI=1S/C31H32N10O2/c1-3-6-27-26(17-20-9-11-21(12-10-20)24-7-4-5-8-25(24)28-35-38-39-36-28)30(42)40(31-32-18-33-41(27)31)23-15-13-22(14-16-23)29-37-34-19(2)43-29/h4-5,7-12,18,22-23H,3,6,13-17H2,1-2H3,(H,35,36,38,39). The number of rotatable bonds is 8. The Balaban J connectivity index is 1.21. The van der Waals surface area contributed by atoms with E-state index in [0.29, 0.717) is 29.8 Å². The van der Waals surface area contributed by atoms with Crippen molar-refractivity contribution in [2.75, 3.05) is 0 Å². The van der Waals surface area contributed by atoms with Gasteiger partial charge in [-0.2, -0.15) is 15.3 Å². The monoisotopic (exact) mass is 576 g/mol. The number of nitrogens with zero attached hydrogens (tertiary/aromatic N) is 9. The lowest BCUT2D eigenvalue weighted by atomic mass is 9.85. The van der Waals surface area contributed by atoms with Crippen molar-refractivity contribution in [1.82, 2.24) is 50.0 Å². The molecular weight excluding hydrogens is 544 g/mol. The second-order valence-corrected chi connectivity index (χ2v) is 11.1. The van der Waals surface area contributed by atoms with Crippen molar-refractivity contribution < 1.29 is 4.42 Å². The van der Waals surface area contributed by atoms with E-state index in [2.05, 4.69) is 72.1 Å². The molecule has 0 radical (unpaired) electrons. The highest BCUT2D eigenvalue weighted by atomic mass is 16.4. The van der Waals surface area contributed by atoms with E-state index < -0.39 is 0 Å². The van der Waals surface area contributed by atoms with Gasteiger partial charge in [0.05, 0.1) is 5.69 Å². The van der Waals surface area contributed by atoms with E-state index in [9.17, 15) is 4.79 Å². The highest BCUT2D eigenvalue weighted by Gasteiger charge is 2.30. The Kier molecular flexibility index (Phi) is 7.09. The molecule has 0 unspecified atom stereocenters. The number of aryl methyl sites for hydroxylation is 2. The van der Waals surface area contributed by atoms with Crippen LogP contribution in [0.2, 0.25) is 0 Å². The van der Waals surface area contributed by atoms with Gasteiger partial charge in [0.1, 0.15) is 6.33 Å². The molecule has 6 aromatic rings. The van der Waals surface area contributed by atoms with E-state index in [0.717, 1.165) is 72.0 Å². The number of aromatic nitrogens is 10. The Morgan fingerprint density at radius 1 is 0.977 bits per heavy atom. The number of nitrogens with one attached hydrogen (secondary N) is 1. The molecule has 0 saturated heterocycles. The van der Waals surface area contributed by atoms with E-state index in [1.807, 2.05) is 40.3 Å². The molecule has 1 saturated carbocycles. The van der Waals surface area contributed by atoms with Crippen LogP contribution in [0.3, 0.4) is 0 Å². The molecule has 2 aromatic carbocycles. The zero-order chi connectivity index (χ0) is 29.3. The SMILES string of the molecule is CCCc1c(Cc2ccc(-c3ccccc3-c3nn[nH]n3)cc2)c(=O)n(C2CCC(c3nnc(C)o3)CC2)c2ncnn12. The van der Waals surface area contributed by atoms with Gasteiger partial charge in [-0.1, -0.05) is 61.9 Å². The fourth-order valence-corrected chi connectivity index (χ4v) is 6.35. The number of benzene rings is 2. The van der Waals surface area contributed by atoms with Crippen LogP contribution in [0.4, 0.5) is 0 Å². The van der Waals surface area contributed by atoms with Gasteiger partial charge in [0.25, 0.3) is 5.56 Å². The van der Waals surface area contributed by atoms with Crippen LogP contribution in [0, 0.1) is 6.92 Å². The molecule has 7 rings (SSSR count). The Labute approximate surface area is 247 Å². The molecule has 1 fully saturated rings. The third-order valence-electron chi connectivity index (χ3n) is 8.42. The Bertz CT molecular complexity index is 1910. The van der Waals surface area contributed by atoms with E-state index in [4.69, 9.17) is 4.42 Å². The topological polar surface area (TPSA) is 146 Å². The quantitative estimate of drug-likeness (QED) is 0.268. The van der Waals surface area contributed by atoms with E-state index >= 15 is 0 Å². The first-order valence-electron chi connectivity index (χ1n) is 14.8. The lowest BCUT2D eigenvalue weighted by molar-refractivity contribution is 0.287. The average Bonchev–Trinajstić information content (AvgIpc) is 3.83. The molecule has 0 bridgehead atoms. The third-order valence-corrected chi connectivity index (χ3v) is 8.42. The molecule has 0 aliphatic heterocycles. The fourth-order valence-electron chi connectivity index (χ4n) is 6.35. The minimum Gasteiger partial charge on any atom is -0.425 e. The van der Waals surface area contributed by atoms with Crippen LogP contribution >= 0.6 is 0 Å². The van der Waals surface area contributed by atoms with Crippen LogP contribution < -0.4 is 5.56 Å². The molecule has 0 atom stereocenters. The molecule has 1 aliphatic rings. The minimum atomic E-state index is 0.0209. The lowest BCUT2D eigenvalue weighted by Crippen LogP contribution is -2.34. The highest BCUT2D eigenvalue weighted by molar-refractivity contribution is 5.80. The fraction of sp³-hybridized carbons (Fsp3) is 0.355. The smallest absolute Gasteiger partial charge is 0.259 e. The summed E-state index contributed by atoms with van der Waals surface area (Å²) < 4.78 is 9.47. The summed E-state index contributed by atoms with van der Waals surface area (Å²) in [6, 6.07) is 16.4. The van der Waals surface area contributed by atoms with Gasteiger partial charge in [0.15, 0.2) is 0 Å². The molecule has 0 amide bonds. The van der Waals surface area contributed by atoms with Crippen molar-refractivity contribution in [1.29, 1.82) is 0 Å². The maximum absolute atomic E-state index is 14.3. The lowest BCUT2D eigenvalue weighted by Gasteiger charge is -2.29. The van der Waals surface area contributed by atoms with Crippen LogP contribution in [0.15, 0.2) is 64.1 Å². The summed E-state index contributed by atoms with van der Waals surface area (Å²) in [4.78, 5) is 18.9. The normalized spacial score (nSPS) is 17.1. The van der Waals surface area contributed by atoms with Gasteiger partial charge in [-0.25, -0.2) is 4.52 Å². The van der Waals surface area contributed by atoms with Gasteiger partial charge in [-0.3, -0.25) is 9.36 Å². The predicted molar refractivity (Wildman–Crippen MR) is 158 cm³/mol. The number of H-pyrrole nitrogens is 1. The van der Waals surface area contributed by atoms with Gasteiger partial charge in [-0.15, -0.1) is 20.4 Å². The first-order chi connectivity index (χ1) is 21.1. The summed E-state index contributed by atoms with van der Waals surface area (Å²) in [5.41, 5.74) is 5.73. The summed E-state index contributed by atoms with van der Waals surface area (Å²) >= 11 is 0. The minimum absolute atomic E-state index is 0.0209. The highest BCUT2D eigenvalue weighted by Crippen LogP contribution is 2.38. The summed E-state index contributed by atoms with van der Waals surface area (Å²) in [5, 5.41) is 27.4. The summed E-state index contributed by atoms with van der Waals surface area (Å²) in [7, 11) is 0. The summed E-state index contributed by atoms with van der Waals surface area (Å²) in [5.74, 6) is 2.65. The number of aromatic amines is 1. The Hall–Kier alpha value is -5.00. The van der Waals surface area contributed by atoms with Crippen LogP contribution in [-0.4, -0.2) is 50.0 Å². The predicted octanol–water partition coefficient (Wildman–Crippen LogP) is 4.87. The molecular formula is C31H32N10O2. The molecule has 4 heterocycles. The van der Waals surface area contributed by atoms with Crippen molar-refractivity contribution in [3.8, 4) is 22.5 Å². The van der Waals surface area contributed by atoms with Gasteiger partial charge < -0.3 is 4.42 Å². The zero-order valence-corrected chi connectivity index (χ0v) is 24.1. The van der Waals surface area contributed by atoms with Gasteiger partial charge >= 0.3 is 0 Å². The summed E-state index contributed by atoms with van der Waals surface area (Å²) in [6.07, 6.45) is 7.10. The van der Waals surface area contributed by atoms with E-state index in [1.165, 1.54) is 0 Å². The molecule has 12 heteroatoms. The molecule has 12 nitrogen and oxygen atoms in total. The maximum Gasteiger partial charge on any atom is 0.259 e. The zero-order valence-electron chi connectivity index (χ0n) is 24.1. The Morgan fingerprint density at radius 2 is 1.77 bits per heavy atom. The molecule has 4 aromatic heterocycles. The number of tetrazole rings is 1. The van der Waals surface area contributed by atoms with Crippen molar-refractivity contribution in [2.24, 2.45) is 0 Å². The van der Waals surface area contributed by atoms with Crippen molar-refractivity contribution >= 4 is 5.78 Å². The second-order valence-electron chi connectivity index (χ2n) is 11.1. The maximum atomic E-state index is 14.3. The van der Waals surface area contributed by atoms with Gasteiger partial charge in [-0.05, 0) is 54.0 Å². The third kappa shape index (κ3) is 5.02. The second kappa shape index (κ2) is 11.3. The summed E-state index contributed by atoms with van der Waals surface area (Å²) in [6.45, 7) is 3.93. The Morgan fingerprint density at radius 3 is 2.47 bits per heavy atom. The molecule has 0 spiro atoms. The van der Waals surface area contributed by atoms with E-state index in [1.54, 1.807) is 6.33 Å². The number of hydrogen-bond acceptors (Lipinski definition) is 9. The largest absolute Gasteiger partial charge is 0.425 e. The first-order valence-corrected chi connectivity index (χ1v) is 14.8. The van der Waals surface area contributed by atoms with Crippen LogP contribution in [0.1, 0.15) is 79.6 Å². The van der Waals surface area contributed by atoms with Crippen LogP contribution in [0.25, 0.3) is 28.3 Å². The average molecular weight is 577 g/mol. The number of fused-ring (bicyclic) bond motifs is 1. The molecule has 43 heavy (non-hydrogen) atoms.